The zero-order valence-electron chi connectivity index (χ0n) is 12.7. The fourth-order valence-electron chi connectivity index (χ4n) is 2.07. The molecule has 0 spiro atoms. The number of nitrogens with zero attached hydrogens (tertiary/aromatic N) is 2. The lowest BCUT2D eigenvalue weighted by molar-refractivity contribution is -0.154. The molecule has 1 aromatic heterocycles. The summed E-state index contributed by atoms with van der Waals surface area (Å²) in [5.74, 6) is 0.862. The highest BCUT2D eigenvalue weighted by molar-refractivity contribution is 5.80. The summed E-state index contributed by atoms with van der Waals surface area (Å²) in [6.07, 6.45) is -3.00. The Morgan fingerprint density at radius 2 is 1.96 bits per heavy atom. The van der Waals surface area contributed by atoms with Crippen molar-refractivity contribution in [3.63, 3.8) is 0 Å². The van der Waals surface area contributed by atoms with Crippen LogP contribution < -0.4 is 15.6 Å². The van der Waals surface area contributed by atoms with Crippen molar-refractivity contribution in [2.45, 2.75) is 13.3 Å². The molecule has 10 nitrogen and oxygen atoms in total. The molecule has 0 fully saturated rings. The van der Waals surface area contributed by atoms with Crippen LogP contribution in [0, 0.1) is 6.92 Å². The minimum atomic E-state index is -1.41. The molecule has 0 unspecified atom stereocenters. The average molecular weight is 324 g/mol. The molecular weight excluding hydrogens is 308 g/mol. The Balaban J connectivity index is 2.23. The Bertz CT molecular complexity index is 725. The van der Waals surface area contributed by atoms with E-state index in [0.717, 1.165) is 5.52 Å². The van der Waals surface area contributed by atoms with E-state index in [1.165, 1.54) is 14.2 Å². The van der Waals surface area contributed by atoms with Crippen molar-refractivity contribution in [2.75, 3.05) is 14.2 Å². The number of nitrogens with one attached hydrogen (secondary N) is 2. The summed E-state index contributed by atoms with van der Waals surface area (Å²) in [6.45, 7) is 1.79. The van der Waals surface area contributed by atoms with Crippen LogP contribution in [0.3, 0.4) is 0 Å². The maximum Gasteiger partial charge on any atom is 0.431 e. The number of aromatic nitrogens is 2. The average Bonchev–Trinajstić information content (AvgIpc) is 2.82. The predicted molar refractivity (Wildman–Crippen MR) is 77.8 cm³/mol. The molecule has 0 saturated heterocycles. The van der Waals surface area contributed by atoms with Crippen LogP contribution in [0.5, 0.6) is 5.75 Å². The van der Waals surface area contributed by atoms with E-state index in [1.807, 2.05) is 5.43 Å². The van der Waals surface area contributed by atoms with Gasteiger partial charge in [0.2, 0.25) is 6.41 Å². The smallest absolute Gasteiger partial charge is 0.431 e. The number of methoxy groups -OCH3 is 2. The molecule has 0 atom stereocenters. The van der Waals surface area contributed by atoms with Gasteiger partial charge < -0.3 is 19.3 Å². The molecule has 0 radical (unpaired) electrons. The molecule has 0 bridgehead atoms. The Hall–Kier alpha value is -2.85. The van der Waals surface area contributed by atoms with Crippen molar-refractivity contribution < 1.29 is 28.9 Å². The third-order valence-electron chi connectivity index (χ3n) is 2.93. The number of benzene rings is 1. The van der Waals surface area contributed by atoms with Gasteiger partial charge in [0, 0.05) is 20.3 Å². The van der Waals surface area contributed by atoms with Gasteiger partial charge in [-0.2, -0.15) is 0 Å². The molecule has 124 valence electrons. The third-order valence-corrected chi connectivity index (χ3v) is 2.93. The standard InChI is InChI=1S/C13H16N4O6/c1-7-14-9-6-8(23-12(20)16-15-11(18)19)4-5-10(9)17(7)13(21-2)22-3/h4-6,13,15H,1-3H3,(H,16,20)(H,18,19). The van der Waals surface area contributed by atoms with Gasteiger partial charge in [-0.15, -0.1) is 0 Å². The van der Waals surface area contributed by atoms with Crippen LogP contribution in [-0.2, 0) is 9.47 Å². The summed E-state index contributed by atoms with van der Waals surface area (Å²) in [5, 5.41) is 8.38. The van der Waals surface area contributed by atoms with Gasteiger partial charge in [-0.25, -0.2) is 25.4 Å². The highest BCUT2D eigenvalue weighted by Crippen LogP contribution is 2.25. The summed E-state index contributed by atoms with van der Waals surface area (Å²) in [7, 11) is 3.02. The Labute approximate surface area is 130 Å². The van der Waals surface area contributed by atoms with Crippen molar-refractivity contribution in [3.8, 4) is 5.75 Å². The fraction of sp³-hybridized carbons (Fsp3) is 0.308. The Morgan fingerprint density at radius 1 is 1.26 bits per heavy atom. The number of fused-ring (bicyclic) bond motifs is 1. The maximum atomic E-state index is 11.4. The van der Waals surface area contributed by atoms with Gasteiger partial charge in [0.15, 0.2) is 0 Å². The van der Waals surface area contributed by atoms with Crippen LogP contribution >= 0.6 is 0 Å². The minimum Gasteiger partial charge on any atom is -0.464 e. The van der Waals surface area contributed by atoms with Crippen LogP contribution in [0.1, 0.15) is 12.2 Å². The van der Waals surface area contributed by atoms with Gasteiger partial charge in [0.1, 0.15) is 11.6 Å². The summed E-state index contributed by atoms with van der Waals surface area (Å²) in [5.41, 5.74) is 4.84. The van der Waals surface area contributed by atoms with Crippen LogP contribution in [0.25, 0.3) is 11.0 Å². The van der Waals surface area contributed by atoms with E-state index in [-0.39, 0.29) is 5.75 Å². The lowest BCUT2D eigenvalue weighted by Crippen LogP contribution is -2.42. The van der Waals surface area contributed by atoms with E-state index >= 15 is 0 Å². The molecule has 1 heterocycles. The van der Waals surface area contributed by atoms with E-state index in [1.54, 1.807) is 35.1 Å². The van der Waals surface area contributed by atoms with E-state index < -0.39 is 18.6 Å². The highest BCUT2D eigenvalue weighted by atomic mass is 16.7. The number of amides is 2. The highest BCUT2D eigenvalue weighted by Gasteiger charge is 2.17. The van der Waals surface area contributed by atoms with E-state index in [9.17, 15) is 9.59 Å². The topological polar surface area (TPSA) is 124 Å². The zero-order valence-corrected chi connectivity index (χ0v) is 12.7. The first-order chi connectivity index (χ1) is 11.0. The number of hydrogen-bond acceptors (Lipinski definition) is 6. The molecule has 0 aliphatic carbocycles. The predicted octanol–water partition coefficient (Wildman–Crippen LogP) is 1.36. The number of carbonyl (C=O) groups is 2. The number of aryl methyl sites for hydroxylation is 1. The second-order valence-corrected chi connectivity index (χ2v) is 4.40. The number of hydrogen-bond donors (Lipinski definition) is 3. The summed E-state index contributed by atoms with van der Waals surface area (Å²) >= 11 is 0. The van der Waals surface area contributed by atoms with Crippen molar-refractivity contribution >= 4 is 23.2 Å². The van der Waals surface area contributed by atoms with E-state index in [0.29, 0.717) is 11.3 Å². The van der Waals surface area contributed by atoms with Crippen LogP contribution in [0.15, 0.2) is 18.2 Å². The second kappa shape index (κ2) is 6.94. The summed E-state index contributed by atoms with van der Waals surface area (Å²) < 4.78 is 17.1. The monoisotopic (exact) mass is 324 g/mol. The molecule has 2 rings (SSSR count). The van der Waals surface area contributed by atoms with Crippen molar-refractivity contribution in [1.82, 2.24) is 20.4 Å². The van der Waals surface area contributed by atoms with Crippen molar-refractivity contribution in [1.29, 1.82) is 0 Å². The van der Waals surface area contributed by atoms with Gasteiger partial charge in [-0.3, -0.25) is 4.57 Å². The van der Waals surface area contributed by atoms with Crippen LogP contribution in [0.4, 0.5) is 9.59 Å². The molecule has 10 heteroatoms. The van der Waals surface area contributed by atoms with Crippen LogP contribution in [0.2, 0.25) is 0 Å². The molecule has 2 aromatic rings. The largest absolute Gasteiger partial charge is 0.464 e. The SMILES string of the molecule is COC(OC)n1c(C)nc2cc(OC(=O)NNC(=O)O)ccc21. The normalized spacial score (nSPS) is 10.8. The quantitative estimate of drug-likeness (QED) is 0.573. The van der Waals surface area contributed by atoms with Crippen LogP contribution in [-0.4, -0.2) is 41.1 Å². The summed E-state index contributed by atoms with van der Waals surface area (Å²) in [6, 6.07) is 4.78. The molecule has 2 amide bonds. The van der Waals surface area contributed by atoms with Gasteiger partial charge in [-0.1, -0.05) is 0 Å². The molecule has 1 aromatic carbocycles. The molecular formula is C13H16N4O6. The molecule has 0 saturated carbocycles. The van der Waals surface area contributed by atoms with Crippen molar-refractivity contribution in [2.24, 2.45) is 0 Å². The second-order valence-electron chi connectivity index (χ2n) is 4.40. The third kappa shape index (κ3) is 3.67. The number of hydrazine groups is 1. The number of carbonyl (C=O) groups excluding carboxylic acids is 1. The molecule has 0 aliphatic heterocycles. The molecule has 0 aliphatic rings. The number of carboxylic acid groups (broad SMARTS) is 1. The first-order valence-corrected chi connectivity index (χ1v) is 6.47. The minimum absolute atomic E-state index is 0.207. The first-order valence-electron chi connectivity index (χ1n) is 6.47. The fourth-order valence-corrected chi connectivity index (χ4v) is 2.07. The van der Waals surface area contributed by atoms with Gasteiger partial charge in [0.25, 0.3) is 0 Å². The van der Waals surface area contributed by atoms with Crippen molar-refractivity contribution in [3.05, 3.63) is 24.0 Å². The number of ether oxygens (including phenoxy) is 3. The Morgan fingerprint density at radius 3 is 2.57 bits per heavy atom. The molecule has 3 N–H and O–H groups in total. The molecule has 23 heavy (non-hydrogen) atoms. The Kier molecular flexibility index (Phi) is 4.98. The van der Waals surface area contributed by atoms with E-state index in [2.05, 4.69) is 4.98 Å². The van der Waals surface area contributed by atoms with Gasteiger partial charge in [0.05, 0.1) is 11.0 Å². The first kappa shape index (κ1) is 16.5. The number of rotatable bonds is 4. The lowest BCUT2D eigenvalue weighted by Gasteiger charge is -2.17. The summed E-state index contributed by atoms with van der Waals surface area (Å²) in [4.78, 5) is 26.0. The number of imidazole rings is 1. The van der Waals surface area contributed by atoms with E-state index in [4.69, 9.17) is 19.3 Å². The lowest BCUT2D eigenvalue weighted by atomic mass is 10.3. The van der Waals surface area contributed by atoms with Gasteiger partial charge in [-0.05, 0) is 19.1 Å². The zero-order chi connectivity index (χ0) is 17.0. The maximum absolute atomic E-state index is 11.4. The van der Waals surface area contributed by atoms with Gasteiger partial charge >= 0.3 is 12.2 Å².